The van der Waals surface area contributed by atoms with E-state index < -0.39 is 0 Å². The predicted molar refractivity (Wildman–Crippen MR) is 84.3 cm³/mol. The lowest BCUT2D eigenvalue weighted by Crippen LogP contribution is -1.94. The Morgan fingerprint density at radius 1 is 0.700 bits per heavy atom. The summed E-state index contributed by atoms with van der Waals surface area (Å²) in [4.78, 5) is 4.45. The second-order valence-electron chi connectivity index (χ2n) is 4.07. The van der Waals surface area contributed by atoms with E-state index in [9.17, 15) is 0 Å². The minimum atomic E-state index is 0.615. The zero-order valence-corrected chi connectivity index (χ0v) is 13.8. The van der Waals surface area contributed by atoms with Crippen molar-refractivity contribution in [1.29, 1.82) is 0 Å². The van der Waals surface area contributed by atoms with Crippen molar-refractivity contribution in [3.05, 3.63) is 34.3 Å². The van der Waals surface area contributed by atoms with Gasteiger partial charge in [-0.3, -0.25) is 0 Å². The van der Waals surface area contributed by atoms with Gasteiger partial charge in [-0.1, -0.05) is 46.7 Å². The molecule has 0 unspecified atom stereocenters. The van der Waals surface area contributed by atoms with Crippen LogP contribution in [-0.2, 0) is 0 Å². The molecule has 1 aliphatic rings. The number of rotatable bonds is 2. The average molecular weight is 345 g/mol. The third-order valence-corrected chi connectivity index (χ3v) is 5.96. The van der Waals surface area contributed by atoms with Gasteiger partial charge in [0, 0.05) is 19.6 Å². The molecule has 6 heteroatoms. The van der Waals surface area contributed by atoms with Crippen LogP contribution >= 0.6 is 46.7 Å². The first-order chi connectivity index (χ1) is 9.62. The largest absolute Gasteiger partial charge is 0.495 e. The van der Waals surface area contributed by atoms with E-state index >= 15 is 0 Å². The third kappa shape index (κ3) is 2.46. The van der Waals surface area contributed by atoms with E-state index in [2.05, 4.69) is 0 Å². The zero-order valence-electron chi connectivity index (χ0n) is 10.7. The van der Waals surface area contributed by atoms with Crippen LogP contribution < -0.4 is 9.47 Å². The van der Waals surface area contributed by atoms with Gasteiger partial charge in [0.2, 0.25) is 0 Å². The number of ether oxygens (including phenoxy) is 2. The van der Waals surface area contributed by atoms with Crippen LogP contribution in [0.2, 0.25) is 10.0 Å². The summed E-state index contributed by atoms with van der Waals surface area (Å²) < 4.78 is 10.5. The summed E-state index contributed by atoms with van der Waals surface area (Å²) in [6.45, 7) is 0. The summed E-state index contributed by atoms with van der Waals surface area (Å²) in [5.41, 5.74) is 0. The van der Waals surface area contributed by atoms with Crippen molar-refractivity contribution in [2.75, 3.05) is 14.2 Å². The maximum atomic E-state index is 6.18. The number of hydrogen-bond donors (Lipinski definition) is 0. The fraction of sp³-hybridized carbons (Fsp3) is 0.143. The molecule has 3 rings (SSSR count). The Bertz CT molecular complexity index is 630. The lowest BCUT2D eigenvalue weighted by atomic mass is 10.3. The van der Waals surface area contributed by atoms with E-state index in [1.807, 2.05) is 24.3 Å². The van der Waals surface area contributed by atoms with Crippen molar-refractivity contribution in [2.24, 2.45) is 0 Å². The summed E-state index contributed by atoms with van der Waals surface area (Å²) in [6.07, 6.45) is 0. The van der Waals surface area contributed by atoms with E-state index in [0.717, 1.165) is 19.6 Å². The molecule has 0 N–H and O–H groups in total. The van der Waals surface area contributed by atoms with Crippen LogP contribution in [0.1, 0.15) is 0 Å². The van der Waals surface area contributed by atoms with Gasteiger partial charge in [-0.05, 0) is 24.3 Å². The third-order valence-electron chi connectivity index (χ3n) is 2.88. The summed E-state index contributed by atoms with van der Waals surface area (Å²) in [5.74, 6) is 1.36. The molecule has 0 saturated heterocycles. The van der Waals surface area contributed by atoms with Crippen molar-refractivity contribution in [1.82, 2.24) is 0 Å². The highest BCUT2D eigenvalue weighted by Crippen LogP contribution is 2.52. The number of fused-ring (bicyclic) bond motifs is 2. The first-order valence-corrected chi connectivity index (χ1v) is 8.12. The minimum absolute atomic E-state index is 0.615. The summed E-state index contributed by atoms with van der Waals surface area (Å²) >= 11 is 15.7. The van der Waals surface area contributed by atoms with Crippen LogP contribution in [0.25, 0.3) is 0 Å². The molecule has 0 aliphatic carbocycles. The summed E-state index contributed by atoms with van der Waals surface area (Å²) in [6, 6.07) is 7.77. The Hall–Kier alpha value is -0.680. The van der Waals surface area contributed by atoms with Gasteiger partial charge >= 0.3 is 0 Å². The smallest absolute Gasteiger partial charge is 0.138 e. The van der Waals surface area contributed by atoms with Gasteiger partial charge in [-0.15, -0.1) is 0 Å². The standard InChI is InChI=1S/C14H10Cl2O2S2/c1-17-9-5-13-11(3-7(9)15)20-14-6-10(18-2)8(16)4-12(14)19-13/h3-6H,1-2H3. The van der Waals surface area contributed by atoms with E-state index in [0.29, 0.717) is 21.5 Å². The Kier molecular flexibility index (Phi) is 4.00. The SMILES string of the molecule is COc1cc2c(cc1Cl)Sc1cc(OC)c(Cl)cc1S2. The fourth-order valence-electron chi connectivity index (χ4n) is 1.90. The van der Waals surface area contributed by atoms with Crippen molar-refractivity contribution in [3.8, 4) is 11.5 Å². The van der Waals surface area contributed by atoms with Crippen LogP contribution in [-0.4, -0.2) is 14.2 Å². The molecule has 1 heterocycles. The quantitative estimate of drug-likeness (QED) is 0.599. The van der Waals surface area contributed by atoms with Gasteiger partial charge in [-0.2, -0.15) is 0 Å². The van der Waals surface area contributed by atoms with E-state index in [1.54, 1.807) is 37.7 Å². The lowest BCUT2D eigenvalue weighted by Gasteiger charge is -2.20. The van der Waals surface area contributed by atoms with Crippen molar-refractivity contribution < 1.29 is 9.47 Å². The topological polar surface area (TPSA) is 18.5 Å². The maximum Gasteiger partial charge on any atom is 0.138 e. The molecule has 2 nitrogen and oxygen atoms in total. The molecule has 0 saturated carbocycles. The molecule has 0 bridgehead atoms. The number of methoxy groups -OCH3 is 2. The van der Waals surface area contributed by atoms with Gasteiger partial charge in [-0.25, -0.2) is 0 Å². The first kappa shape index (κ1) is 14.3. The number of halogens is 2. The van der Waals surface area contributed by atoms with Crippen LogP contribution in [0.5, 0.6) is 11.5 Å². The second kappa shape index (κ2) is 5.60. The van der Waals surface area contributed by atoms with Gasteiger partial charge < -0.3 is 9.47 Å². The summed E-state index contributed by atoms with van der Waals surface area (Å²) in [7, 11) is 3.23. The van der Waals surface area contributed by atoms with Crippen molar-refractivity contribution >= 4 is 46.7 Å². The molecule has 0 aromatic heterocycles. The molecular weight excluding hydrogens is 335 g/mol. The molecule has 0 radical (unpaired) electrons. The van der Waals surface area contributed by atoms with Crippen LogP contribution in [0, 0.1) is 0 Å². The van der Waals surface area contributed by atoms with Crippen molar-refractivity contribution in [2.45, 2.75) is 19.6 Å². The normalized spacial score (nSPS) is 12.6. The van der Waals surface area contributed by atoms with Crippen LogP contribution in [0.3, 0.4) is 0 Å². The minimum Gasteiger partial charge on any atom is -0.495 e. The lowest BCUT2D eigenvalue weighted by molar-refractivity contribution is 0.413. The molecular formula is C14H10Cl2O2S2. The summed E-state index contributed by atoms with van der Waals surface area (Å²) in [5, 5.41) is 1.23. The second-order valence-corrected chi connectivity index (χ2v) is 7.05. The Labute approximate surface area is 135 Å². The molecule has 0 amide bonds. The first-order valence-electron chi connectivity index (χ1n) is 5.73. The Balaban J connectivity index is 2.06. The molecule has 0 atom stereocenters. The fourth-order valence-corrected chi connectivity index (χ4v) is 4.81. The highest BCUT2D eigenvalue weighted by Gasteiger charge is 2.21. The molecule has 104 valence electrons. The molecule has 1 aliphatic heterocycles. The number of benzene rings is 2. The van der Waals surface area contributed by atoms with E-state index in [-0.39, 0.29) is 0 Å². The zero-order chi connectivity index (χ0) is 14.3. The molecule has 0 spiro atoms. The average Bonchev–Trinajstić information content (AvgIpc) is 2.44. The van der Waals surface area contributed by atoms with E-state index in [4.69, 9.17) is 32.7 Å². The Morgan fingerprint density at radius 2 is 1.05 bits per heavy atom. The van der Waals surface area contributed by atoms with Crippen LogP contribution in [0.15, 0.2) is 43.8 Å². The molecule has 20 heavy (non-hydrogen) atoms. The van der Waals surface area contributed by atoms with Gasteiger partial charge in [0.05, 0.1) is 24.3 Å². The predicted octanol–water partition coefficient (Wildman–Crippen LogP) is 5.63. The van der Waals surface area contributed by atoms with Gasteiger partial charge in [0.25, 0.3) is 0 Å². The maximum absolute atomic E-state index is 6.18. The highest BCUT2D eigenvalue weighted by atomic mass is 35.5. The van der Waals surface area contributed by atoms with E-state index in [1.165, 1.54) is 0 Å². The molecule has 2 aromatic rings. The van der Waals surface area contributed by atoms with Crippen LogP contribution in [0.4, 0.5) is 0 Å². The van der Waals surface area contributed by atoms with Gasteiger partial charge in [0.15, 0.2) is 0 Å². The van der Waals surface area contributed by atoms with Gasteiger partial charge in [0.1, 0.15) is 11.5 Å². The Morgan fingerprint density at radius 3 is 1.40 bits per heavy atom. The molecule has 2 aromatic carbocycles. The highest BCUT2D eigenvalue weighted by molar-refractivity contribution is 8.05. The molecule has 0 fully saturated rings. The van der Waals surface area contributed by atoms with Crippen molar-refractivity contribution in [3.63, 3.8) is 0 Å². The number of hydrogen-bond acceptors (Lipinski definition) is 4. The monoisotopic (exact) mass is 344 g/mol.